The molecule has 0 aliphatic rings. The molecule has 3 aromatic carbocycles. The Morgan fingerprint density at radius 1 is 0.938 bits per heavy atom. The van der Waals surface area contributed by atoms with E-state index in [-0.39, 0.29) is 12.5 Å². The molecule has 1 aromatic heterocycles. The van der Waals surface area contributed by atoms with Gasteiger partial charge in [-0.15, -0.1) is 0 Å². The highest BCUT2D eigenvalue weighted by Gasteiger charge is 2.07. The Hall–Kier alpha value is -3.54. The first kappa shape index (κ1) is 21.7. The predicted molar refractivity (Wildman–Crippen MR) is 128 cm³/mol. The van der Waals surface area contributed by atoms with Gasteiger partial charge in [-0.2, -0.15) is 5.10 Å². The van der Waals surface area contributed by atoms with Crippen molar-refractivity contribution < 1.29 is 9.53 Å². The van der Waals surface area contributed by atoms with Crippen LogP contribution in [0.3, 0.4) is 0 Å². The summed E-state index contributed by atoms with van der Waals surface area (Å²) in [5, 5.41) is 5.16. The normalized spacial score (nSPS) is 10.9. The Bertz CT molecular complexity index is 1220. The minimum Gasteiger partial charge on any atom is -0.489 e. The molecule has 4 aromatic rings. The van der Waals surface area contributed by atoms with Gasteiger partial charge in [0.2, 0.25) is 0 Å². The largest absolute Gasteiger partial charge is 0.489 e. The molecule has 7 heteroatoms. The SMILES string of the molecule is O=C(NN=Cc1cccc(OCc2c(Cl)cccc2Cl)c1)c1ccc(-n2cccc2)cc1. The van der Waals surface area contributed by atoms with Gasteiger partial charge >= 0.3 is 0 Å². The summed E-state index contributed by atoms with van der Waals surface area (Å²) >= 11 is 12.4. The summed E-state index contributed by atoms with van der Waals surface area (Å²) in [4.78, 5) is 12.3. The van der Waals surface area contributed by atoms with Crippen LogP contribution in [0.2, 0.25) is 10.0 Å². The number of benzene rings is 3. The standard InChI is InChI=1S/C25H19Cl2N3O2/c26-23-7-4-8-24(27)22(23)17-32-21-6-3-5-18(15-21)16-28-29-25(31)19-9-11-20(12-10-19)30-13-1-2-14-30/h1-16H,17H2,(H,29,31). The zero-order valence-electron chi connectivity index (χ0n) is 16.9. The number of nitrogens with one attached hydrogen (secondary N) is 1. The van der Waals surface area contributed by atoms with Gasteiger partial charge in [0.05, 0.1) is 6.21 Å². The lowest BCUT2D eigenvalue weighted by atomic mass is 10.2. The molecular formula is C25H19Cl2N3O2. The molecule has 32 heavy (non-hydrogen) atoms. The van der Waals surface area contributed by atoms with Crippen molar-refractivity contribution in [2.75, 3.05) is 0 Å². The van der Waals surface area contributed by atoms with Gasteiger partial charge in [-0.05, 0) is 66.2 Å². The first-order valence-electron chi connectivity index (χ1n) is 9.83. The molecule has 0 atom stereocenters. The highest BCUT2D eigenvalue weighted by atomic mass is 35.5. The molecule has 0 fully saturated rings. The van der Waals surface area contributed by atoms with Gasteiger partial charge in [-0.3, -0.25) is 4.79 Å². The lowest BCUT2D eigenvalue weighted by Gasteiger charge is -2.09. The van der Waals surface area contributed by atoms with Crippen LogP contribution in [0.1, 0.15) is 21.5 Å². The van der Waals surface area contributed by atoms with E-state index in [0.29, 0.717) is 21.4 Å². The maximum atomic E-state index is 12.3. The van der Waals surface area contributed by atoms with Gasteiger partial charge in [0, 0.05) is 39.3 Å². The van der Waals surface area contributed by atoms with Crippen molar-refractivity contribution in [3.8, 4) is 11.4 Å². The second-order valence-corrected chi connectivity index (χ2v) is 7.71. The van der Waals surface area contributed by atoms with E-state index in [4.69, 9.17) is 27.9 Å². The molecule has 160 valence electrons. The number of amides is 1. The van der Waals surface area contributed by atoms with Gasteiger partial charge in [0.15, 0.2) is 0 Å². The Balaban J connectivity index is 1.35. The molecule has 0 aliphatic carbocycles. The molecule has 0 saturated heterocycles. The van der Waals surface area contributed by atoms with Crippen molar-refractivity contribution >= 4 is 35.3 Å². The molecule has 0 saturated carbocycles. The quantitative estimate of drug-likeness (QED) is 0.264. The van der Waals surface area contributed by atoms with E-state index in [1.54, 1.807) is 36.5 Å². The molecule has 1 heterocycles. The first-order chi connectivity index (χ1) is 15.6. The fraction of sp³-hybridized carbons (Fsp3) is 0.0400. The number of aromatic nitrogens is 1. The van der Waals surface area contributed by atoms with Gasteiger partial charge in [0.25, 0.3) is 5.91 Å². The van der Waals surface area contributed by atoms with Crippen LogP contribution in [0, 0.1) is 0 Å². The van der Waals surface area contributed by atoms with Crippen LogP contribution >= 0.6 is 23.2 Å². The lowest BCUT2D eigenvalue weighted by Crippen LogP contribution is -2.17. The van der Waals surface area contributed by atoms with Gasteiger partial charge in [0.1, 0.15) is 12.4 Å². The maximum Gasteiger partial charge on any atom is 0.271 e. The minimum atomic E-state index is -0.291. The van der Waals surface area contributed by atoms with E-state index in [2.05, 4.69) is 10.5 Å². The van der Waals surface area contributed by atoms with Crippen molar-refractivity contribution in [1.29, 1.82) is 0 Å². The van der Waals surface area contributed by atoms with Crippen molar-refractivity contribution in [3.05, 3.63) is 118 Å². The van der Waals surface area contributed by atoms with Crippen LogP contribution in [-0.2, 0) is 6.61 Å². The molecule has 0 bridgehead atoms. The Morgan fingerprint density at radius 3 is 2.34 bits per heavy atom. The number of rotatable bonds is 7. The van der Waals surface area contributed by atoms with E-state index in [1.807, 2.05) is 65.5 Å². The van der Waals surface area contributed by atoms with E-state index >= 15 is 0 Å². The van der Waals surface area contributed by atoms with Gasteiger partial charge < -0.3 is 9.30 Å². The summed E-state index contributed by atoms with van der Waals surface area (Å²) in [6, 6.07) is 23.8. The molecule has 4 rings (SSSR count). The highest BCUT2D eigenvalue weighted by Crippen LogP contribution is 2.26. The second kappa shape index (κ2) is 10.2. The van der Waals surface area contributed by atoms with Crippen molar-refractivity contribution in [2.45, 2.75) is 6.61 Å². The molecular weight excluding hydrogens is 445 g/mol. The molecule has 1 amide bonds. The van der Waals surface area contributed by atoms with Crippen LogP contribution in [0.5, 0.6) is 5.75 Å². The summed E-state index contributed by atoms with van der Waals surface area (Å²) in [5.74, 6) is 0.345. The Labute approximate surface area is 195 Å². The van der Waals surface area contributed by atoms with Crippen molar-refractivity contribution in [3.63, 3.8) is 0 Å². The number of nitrogens with zero attached hydrogens (tertiary/aromatic N) is 2. The zero-order valence-corrected chi connectivity index (χ0v) is 18.4. The average molecular weight is 464 g/mol. The van der Waals surface area contributed by atoms with Crippen LogP contribution in [0.15, 0.2) is 96.4 Å². The lowest BCUT2D eigenvalue weighted by molar-refractivity contribution is 0.0955. The molecule has 0 unspecified atom stereocenters. The molecule has 0 spiro atoms. The number of hydrazone groups is 1. The number of ether oxygens (including phenoxy) is 1. The summed E-state index contributed by atoms with van der Waals surface area (Å²) in [6.45, 7) is 0.245. The number of halogens is 2. The number of hydrogen-bond acceptors (Lipinski definition) is 3. The molecule has 1 N–H and O–H groups in total. The second-order valence-electron chi connectivity index (χ2n) is 6.90. The highest BCUT2D eigenvalue weighted by molar-refractivity contribution is 6.35. The van der Waals surface area contributed by atoms with Crippen LogP contribution in [0.25, 0.3) is 5.69 Å². The summed E-state index contributed by atoms with van der Waals surface area (Å²) in [7, 11) is 0. The van der Waals surface area contributed by atoms with Crippen molar-refractivity contribution in [2.24, 2.45) is 5.10 Å². The fourth-order valence-electron chi connectivity index (χ4n) is 3.03. The Morgan fingerprint density at radius 2 is 1.62 bits per heavy atom. The molecule has 5 nitrogen and oxygen atoms in total. The monoisotopic (exact) mass is 463 g/mol. The zero-order chi connectivity index (χ0) is 22.3. The third-order valence-electron chi connectivity index (χ3n) is 4.71. The van der Waals surface area contributed by atoms with Gasteiger partial charge in [-0.1, -0.05) is 41.4 Å². The van der Waals surface area contributed by atoms with Crippen LogP contribution in [-0.4, -0.2) is 16.7 Å². The smallest absolute Gasteiger partial charge is 0.271 e. The molecule has 0 radical (unpaired) electrons. The number of hydrogen-bond donors (Lipinski definition) is 1. The summed E-state index contributed by atoms with van der Waals surface area (Å²) in [6.07, 6.45) is 5.45. The van der Waals surface area contributed by atoms with Gasteiger partial charge in [-0.25, -0.2) is 5.43 Å². The average Bonchev–Trinajstić information content (AvgIpc) is 3.34. The van der Waals surface area contributed by atoms with E-state index < -0.39 is 0 Å². The third kappa shape index (κ3) is 5.38. The van der Waals surface area contributed by atoms with Crippen LogP contribution in [0.4, 0.5) is 0 Å². The maximum absolute atomic E-state index is 12.3. The summed E-state index contributed by atoms with van der Waals surface area (Å²) in [5.41, 5.74) is 5.54. The first-order valence-corrected chi connectivity index (χ1v) is 10.6. The van der Waals surface area contributed by atoms with E-state index in [9.17, 15) is 4.79 Å². The van der Waals surface area contributed by atoms with E-state index in [1.165, 1.54) is 0 Å². The Kier molecular flexibility index (Phi) is 6.90. The molecule has 0 aliphatic heterocycles. The predicted octanol–water partition coefficient (Wildman–Crippen LogP) is 6.13. The van der Waals surface area contributed by atoms with Crippen molar-refractivity contribution in [1.82, 2.24) is 9.99 Å². The topological polar surface area (TPSA) is 55.6 Å². The number of carbonyl (C=O) groups excluding carboxylic acids is 1. The minimum absolute atomic E-state index is 0.245. The summed E-state index contributed by atoms with van der Waals surface area (Å²) < 4.78 is 7.78. The fourth-order valence-corrected chi connectivity index (χ4v) is 3.54. The number of carbonyl (C=O) groups is 1. The third-order valence-corrected chi connectivity index (χ3v) is 5.42. The van der Waals surface area contributed by atoms with Crippen LogP contribution < -0.4 is 10.2 Å². The van der Waals surface area contributed by atoms with E-state index in [0.717, 1.165) is 16.8 Å².